The number of piperidine rings is 1. The normalized spacial score (nSPS) is 19.2. The molecule has 1 aliphatic heterocycles. The average molecular weight is 335 g/mol. The van der Waals surface area contributed by atoms with Crippen molar-refractivity contribution in [2.24, 2.45) is 5.92 Å². The summed E-state index contributed by atoms with van der Waals surface area (Å²) in [7, 11) is 0. The summed E-state index contributed by atoms with van der Waals surface area (Å²) in [6.45, 7) is 9.25. The number of aliphatic hydroxyl groups excluding tert-OH is 1. The number of nitrogens with one attached hydrogen (secondary N) is 1. The maximum atomic E-state index is 11.0. The first-order chi connectivity index (χ1) is 11.4. The zero-order valence-corrected chi connectivity index (χ0v) is 14.9. The van der Waals surface area contributed by atoms with Gasteiger partial charge in [0.05, 0.1) is 11.0 Å². The molecular weight excluding hydrogens is 306 g/mol. The number of nitro benzene ring substituents is 1. The summed E-state index contributed by atoms with van der Waals surface area (Å²) in [5, 5.41) is 24.6. The Morgan fingerprint density at radius 2 is 2.08 bits per heavy atom. The second-order valence-electron chi connectivity index (χ2n) is 7.07. The fourth-order valence-corrected chi connectivity index (χ4v) is 3.13. The van der Waals surface area contributed by atoms with Gasteiger partial charge < -0.3 is 15.3 Å². The summed E-state index contributed by atoms with van der Waals surface area (Å²) in [6.07, 6.45) is 1.97. The molecule has 0 aromatic heterocycles. The van der Waals surface area contributed by atoms with E-state index in [1.165, 1.54) is 12.8 Å². The van der Waals surface area contributed by atoms with E-state index < -0.39 is 6.10 Å². The fourth-order valence-electron chi connectivity index (χ4n) is 3.13. The quantitative estimate of drug-likeness (QED) is 0.591. The van der Waals surface area contributed by atoms with Crippen LogP contribution in [-0.4, -0.2) is 47.2 Å². The van der Waals surface area contributed by atoms with Crippen molar-refractivity contribution in [3.8, 4) is 0 Å². The van der Waals surface area contributed by atoms with Crippen molar-refractivity contribution >= 4 is 5.69 Å². The van der Waals surface area contributed by atoms with E-state index in [9.17, 15) is 15.2 Å². The van der Waals surface area contributed by atoms with Gasteiger partial charge in [0.2, 0.25) is 0 Å². The van der Waals surface area contributed by atoms with Crippen molar-refractivity contribution in [1.29, 1.82) is 0 Å². The molecular formula is C18H29N3O3. The molecule has 0 radical (unpaired) electrons. The molecule has 1 fully saturated rings. The molecule has 1 aliphatic rings. The standard InChI is InChI=1S/C18H29N3O3/c1-13-6-8-20(9-7-13)12-17(22)11-19-15(3)16-5-4-14(2)18(10-16)21(23)24/h4-5,10,13,15,17,19,22H,6-9,11-12H2,1-3H3. The molecule has 0 saturated carbocycles. The van der Waals surface area contributed by atoms with Gasteiger partial charge in [0.1, 0.15) is 0 Å². The summed E-state index contributed by atoms with van der Waals surface area (Å²) in [5.41, 5.74) is 1.67. The van der Waals surface area contributed by atoms with E-state index >= 15 is 0 Å². The summed E-state index contributed by atoms with van der Waals surface area (Å²) < 4.78 is 0. The number of hydrogen-bond acceptors (Lipinski definition) is 5. The lowest BCUT2D eigenvalue weighted by Gasteiger charge is -2.32. The number of aliphatic hydroxyl groups is 1. The van der Waals surface area contributed by atoms with Crippen LogP contribution in [0.1, 0.15) is 43.9 Å². The number of nitro groups is 1. The van der Waals surface area contributed by atoms with Crippen LogP contribution in [0, 0.1) is 23.0 Å². The van der Waals surface area contributed by atoms with Crippen LogP contribution in [0.3, 0.4) is 0 Å². The first-order valence-electron chi connectivity index (χ1n) is 8.75. The van der Waals surface area contributed by atoms with E-state index in [2.05, 4.69) is 17.1 Å². The highest BCUT2D eigenvalue weighted by molar-refractivity contribution is 5.43. The fraction of sp³-hybridized carbons (Fsp3) is 0.667. The molecule has 1 saturated heterocycles. The van der Waals surface area contributed by atoms with Crippen molar-refractivity contribution < 1.29 is 10.0 Å². The lowest BCUT2D eigenvalue weighted by Crippen LogP contribution is -2.42. The first-order valence-corrected chi connectivity index (χ1v) is 8.75. The lowest BCUT2D eigenvalue weighted by atomic mass is 9.99. The number of benzene rings is 1. The van der Waals surface area contributed by atoms with Gasteiger partial charge in [-0.3, -0.25) is 10.1 Å². The number of aryl methyl sites for hydroxylation is 1. The molecule has 1 aromatic rings. The average Bonchev–Trinajstić information content (AvgIpc) is 2.55. The SMILES string of the molecule is Cc1ccc(C(C)NCC(O)CN2CCC(C)CC2)cc1[N+](=O)[O-]. The van der Waals surface area contributed by atoms with Crippen LogP contribution in [0.15, 0.2) is 18.2 Å². The molecule has 0 spiro atoms. The van der Waals surface area contributed by atoms with Crippen molar-refractivity contribution in [3.63, 3.8) is 0 Å². The van der Waals surface area contributed by atoms with Gasteiger partial charge in [0.15, 0.2) is 0 Å². The van der Waals surface area contributed by atoms with E-state index in [1.54, 1.807) is 19.1 Å². The molecule has 134 valence electrons. The molecule has 2 unspecified atom stereocenters. The van der Waals surface area contributed by atoms with Crippen molar-refractivity contribution in [2.45, 2.75) is 45.8 Å². The van der Waals surface area contributed by atoms with E-state index in [0.717, 1.165) is 24.6 Å². The molecule has 2 N–H and O–H groups in total. The molecule has 0 bridgehead atoms. The highest BCUT2D eigenvalue weighted by atomic mass is 16.6. The van der Waals surface area contributed by atoms with Gasteiger partial charge in [-0.1, -0.05) is 19.1 Å². The Kier molecular flexibility index (Phi) is 6.71. The molecule has 0 aliphatic carbocycles. The van der Waals surface area contributed by atoms with Gasteiger partial charge in [0, 0.05) is 30.8 Å². The van der Waals surface area contributed by atoms with Gasteiger partial charge >= 0.3 is 0 Å². The highest BCUT2D eigenvalue weighted by Gasteiger charge is 2.19. The van der Waals surface area contributed by atoms with Crippen LogP contribution in [0.25, 0.3) is 0 Å². The van der Waals surface area contributed by atoms with Gasteiger partial charge in [-0.05, 0) is 51.3 Å². The Morgan fingerprint density at radius 3 is 2.71 bits per heavy atom. The molecule has 0 amide bonds. The molecule has 6 nitrogen and oxygen atoms in total. The van der Waals surface area contributed by atoms with Crippen LogP contribution in [0.4, 0.5) is 5.69 Å². The Labute approximate surface area is 144 Å². The summed E-state index contributed by atoms with van der Waals surface area (Å²) >= 11 is 0. The smallest absolute Gasteiger partial charge is 0.272 e. The molecule has 24 heavy (non-hydrogen) atoms. The monoisotopic (exact) mass is 335 g/mol. The van der Waals surface area contributed by atoms with Gasteiger partial charge in [-0.2, -0.15) is 0 Å². The molecule has 1 heterocycles. The minimum absolute atomic E-state index is 0.0414. The van der Waals surface area contributed by atoms with Crippen molar-refractivity contribution in [2.75, 3.05) is 26.2 Å². The van der Waals surface area contributed by atoms with Crippen LogP contribution >= 0.6 is 0 Å². The minimum atomic E-state index is -0.429. The predicted molar refractivity (Wildman–Crippen MR) is 95.1 cm³/mol. The van der Waals surface area contributed by atoms with Gasteiger partial charge in [-0.25, -0.2) is 0 Å². The number of hydrogen-bond donors (Lipinski definition) is 2. The third-order valence-corrected chi connectivity index (χ3v) is 4.93. The molecule has 2 rings (SSSR count). The number of likely N-dealkylation sites (tertiary alicyclic amines) is 1. The van der Waals surface area contributed by atoms with Crippen LogP contribution in [0.5, 0.6) is 0 Å². The highest BCUT2D eigenvalue weighted by Crippen LogP contribution is 2.23. The largest absolute Gasteiger partial charge is 0.390 e. The van der Waals surface area contributed by atoms with Crippen LogP contribution < -0.4 is 5.32 Å². The predicted octanol–water partition coefficient (Wildman–Crippen LogP) is 2.65. The lowest BCUT2D eigenvalue weighted by molar-refractivity contribution is -0.385. The van der Waals surface area contributed by atoms with E-state index in [1.807, 2.05) is 13.0 Å². The Hall–Kier alpha value is -1.50. The molecule has 1 aromatic carbocycles. The summed E-state index contributed by atoms with van der Waals surface area (Å²) in [5.74, 6) is 0.786. The number of nitrogens with zero attached hydrogens (tertiary/aromatic N) is 2. The second-order valence-corrected chi connectivity index (χ2v) is 7.07. The van der Waals surface area contributed by atoms with Crippen molar-refractivity contribution in [1.82, 2.24) is 10.2 Å². The molecule has 2 atom stereocenters. The zero-order chi connectivity index (χ0) is 17.7. The van der Waals surface area contributed by atoms with Crippen LogP contribution in [0.2, 0.25) is 0 Å². The van der Waals surface area contributed by atoms with E-state index in [4.69, 9.17) is 0 Å². The van der Waals surface area contributed by atoms with Crippen molar-refractivity contribution in [3.05, 3.63) is 39.4 Å². The minimum Gasteiger partial charge on any atom is -0.390 e. The van der Waals surface area contributed by atoms with E-state index in [0.29, 0.717) is 18.7 Å². The van der Waals surface area contributed by atoms with Gasteiger partial charge in [0.25, 0.3) is 5.69 Å². The first kappa shape index (κ1) is 18.8. The molecule has 6 heteroatoms. The summed E-state index contributed by atoms with van der Waals surface area (Å²) in [4.78, 5) is 13.0. The Morgan fingerprint density at radius 1 is 1.42 bits per heavy atom. The number of rotatable bonds is 7. The maximum Gasteiger partial charge on any atom is 0.272 e. The third kappa shape index (κ3) is 5.26. The Balaban J connectivity index is 1.83. The van der Waals surface area contributed by atoms with E-state index in [-0.39, 0.29) is 16.7 Å². The third-order valence-electron chi connectivity index (χ3n) is 4.93. The van der Waals surface area contributed by atoms with Crippen LogP contribution in [-0.2, 0) is 0 Å². The zero-order valence-electron chi connectivity index (χ0n) is 14.9. The topological polar surface area (TPSA) is 78.6 Å². The van der Waals surface area contributed by atoms with Gasteiger partial charge in [-0.15, -0.1) is 0 Å². The second kappa shape index (κ2) is 8.55. The maximum absolute atomic E-state index is 11.0. The summed E-state index contributed by atoms with van der Waals surface area (Å²) in [6, 6.07) is 5.25. The Bertz CT molecular complexity index is 556. The number of β-amino-alcohol motifs (C(OH)–C–C–N with tert-alkyl or cyclic N) is 1.